The van der Waals surface area contributed by atoms with E-state index in [1.54, 1.807) is 11.3 Å². The van der Waals surface area contributed by atoms with E-state index >= 15 is 0 Å². The van der Waals surface area contributed by atoms with Crippen LogP contribution in [0, 0.1) is 24.7 Å². The monoisotopic (exact) mass is 380 g/mol. The molecule has 1 heterocycles. The van der Waals surface area contributed by atoms with Crippen molar-refractivity contribution in [1.29, 1.82) is 0 Å². The van der Waals surface area contributed by atoms with Crippen molar-refractivity contribution in [3.8, 4) is 0 Å². The number of carbonyl (C=O) groups is 1. The largest absolute Gasteiger partial charge is 0.465 e. The average molecular weight is 381 g/mol. The molecule has 25 heavy (non-hydrogen) atoms. The SMILES string of the molecule is CCc1c(C)sc(NC(=S)NC(C)C2CC3CCC2C3)c1C(=O)OC. The Morgan fingerprint density at radius 3 is 2.72 bits per heavy atom. The second-order valence-corrected chi connectivity index (χ2v) is 9.04. The molecule has 2 aliphatic carbocycles. The average Bonchev–Trinajstić information content (AvgIpc) is 3.27. The summed E-state index contributed by atoms with van der Waals surface area (Å²) in [5, 5.41) is 8.11. The highest BCUT2D eigenvalue weighted by Crippen LogP contribution is 2.49. The Labute approximate surface area is 159 Å². The standard InChI is InChI=1S/C19H28N2O2S2/c1-5-14-11(3)25-17(16(14)18(22)23-4)21-19(24)20-10(2)15-9-12-6-7-13(15)8-12/h10,12-13,15H,5-9H2,1-4H3,(H2,20,21,24). The van der Waals surface area contributed by atoms with E-state index in [9.17, 15) is 4.79 Å². The molecule has 138 valence electrons. The Balaban J connectivity index is 1.67. The molecule has 0 radical (unpaired) electrons. The fraction of sp³-hybridized carbons (Fsp3) is 0.684. The van der Waals surface area contributed by atoms with Gasteiger partial charge in [0.15, 0.2) is 5.11 Å². The predicted molar refractivity (Wildman–Crippen MR) is 108 cm³/mol. The van der Waals surface area contributed by atoms with E-state index in [1.165, 1.54) is 32.8 Å². The Bertz CT molecular complexity index is 671. The molecule has 2 N–H and O–H groups in total. The second-order valence-electron chi connectivity index (χ2n) is 7.41. The van der Waals surface area contributed by atoms with E-state index in [-0.39, 0.29) is 5.97 Å². The minimum Gasteiger partial charge on any atom is -0.465 e. The van der Waals surface area contributed by atoms with Crippen LogP contribution >= 0.6 is 23.6 Å². The zero-order valence-electron chi connectivity index (χ0n) is 15.5. The van der Waals surface area contributed by atoms with E-state index in [2.05, 4.69) is 24.5 Å². The van der Waals surface area contributed by atoms with Gasteiger partial charge in [-0.2, -0.15) is 0 Å². The zero-order valence-corrected chi connectivity index (χ0v) is 17.1. The molecule has 3 rings (SSSR count). The Morgan fingerprint density at radius 2 is 2.16 bits per heavy atom. The van der Waals surface area contributed by atoms with Crippen LogP contribution in [0.3, 0.4) is 0 Å². The molecule has 6 heteroatoms. The fourth-order valence-corrected chi connectivity index (χ4v) is 6.26. The molecule has 1 aromatic rings. The first kappa shape index (κ1) is 18.6. The molecule has 2 aliphatic rings. The first-order valence-corrected chi connectivity index (χ1v) is 10.4. The summed E-state index contributed by atoms with van der Waals surface area (Å²) in [6, 6.07) is 0.364. The van der Waals surface area contributed by atoms with Crippen molar-refractivity contribution >= 4 is 39.6 Å². The van der Waals surface area contributed by atoms with E-state index < -0.39 is 0 Å². The van der Waals surface area contributed by atoms with Gasteiger partial charge in [-0.1, -0.05) is 13.3 Å². The van der Waals surface area contributed by atoms with Crippen molar-refractivity contribution in [2.24, 2.45) is 17.8 Å². The number of thiocarbonyl (C=S) groups is 1. The maximum absolute atomic E-state index is 12.2. The van der Waals surface area contributed by atoms with Crippen LogP contribution in [-0.2, 0) is 11.2 Å². The summed E-state index contributed by atoms with van der Waals surface area (Å²) in [6.07, 6.45) is 6.31. The van der Waals surface area contributed by atoms with Crippen LogP contribution in [0.1, 0.15) is 60.3 Å². The smallest absolute Gasteiger partial charge is 0.341 e. The van der Waals surface area contributed by atoms with Gasteiger partial charge < -0.3 is 15.4 Å². The van der Waals surface area contributed by atoms with Crippen LogP contribution < -0.4 is 10.6 Å². The maximum atomic E-state index is 12.2. The Morgan fingerprint density at radius 1 is 1.40 bits per heavy atom. The number of ether oxygens (including phenoxy) is 1. The fourth-order valence-electron chi connectivity index (χ4n) is 4.77. The third-order valence-electron chi connectivity index (χ3n) is 5.97. The third-order valence-corrected chi connectivity index (χ3v) is 7.26. The number of thiophene rings is 1. The van der Waals surface area contributed by atoms with Crippen LogP contribution in [0.5, 0.6) is 0 Å². The minimum absolute atomic E-state index is 0.298. The number of esters is 1. The van der Waals surface area contributed by atoms with Gasteiger partial charge in [0.25, 0.3) is 0 Å². The number of rotatable bonds is 5. The van der Waals surface area contributed by atoms with Crippen LogP contribution in [0.4, 0.5) is 5.00 Å². The lowest BCUT2D eigenvalue weighted by Crippen LogP contribution is -2.42. The van der Waals surface area contributed by atoms with Crippen molar-refractivity contribution in [3.05, 3.63) is 16.0 Å². The highest BCUT2D eigenvalue weighted by atomic mass is 32.1. The topological polar surface area (TPSA) is 50.4 Å². The number of nitrogens with one attached hydrogen (secondary N) is 2. The second kappa shape index (κ2) is 7.62. The van der Waals surface area contributed by atoms with Gasteiger partial charge in [-0.3, -0.25) is 0 Å². The normalized spacial score (nSPS) is 25.7. The molecule has 4 unspecified atom stereocenters. The number of aryl methyl sites for hydroxylation is 1. The Kier molecular flexibility index (Phi) is 5.68. The lowest BCUT2D eigenvalue weighted by molar-refractivity contribution is 0.0601. The molecule has 0 aromatic carbocycles. The summed E-state index contributed by atoms with van der Waals surface area (Å²) in [5.74, 6) is 2.21. The highest BCUT2D eigenvalue weighted by Gasteiger charge is 2.41. The van der Waals surface area contributed by atoms with Crippen molar-refractivity contribution < 1.29 is 9.53 Å². The van der Waals surface area contributed by atoms with Gasteiger partial charge in [0.2, 0.25) is 0 Å². The first-order valence-electron chi connectivity index (χ1n) is 9.22. The summed E-state index contributed by atoms with van der Waals surface area (Å²) < 4.78 is 4.97. The third kappa shape index (κ3) is 3.70. The van der Waals surface area contributed by atoms with Gasteiger partial charge in [-0.15, -0.1) is 11.3 Å². The molecule has 2 fully saturated rings. The van der Waals surface area contributed by atoms with E-state index in [0.29, 0.717) is 16.7 Å². The van der Waals surface area contributed by atoms with E-state index in [1.807, 2.05) is 6.92 Å². The van der Waals surface area contributed by atoms with E-state index in [0.717, 1.165) is 39.6 Å². The molecule has 4 atom stereocenters. The molecule has 1 aromatic heterocycles. The van der Waals surface area contributed by atoms with Crippen LogP contribution in [-0.4, -0.2) is 24.2 Å². The highest BCUT2D eigenvalue weighted by molar-refractivity contribution is 7.80. The number of fused-ring (bicyclic) bond motifs is 2. The molecule has 2 saturated carbocycles. The summed E-state index contributed by atoms with van der Waals surface area (Å²) in [4.78, 5) is 13.3. The van der Waals surface area contributed by atoms with Crippen LogP contribution in [0.15, 0.2) is 0 Å². The van der Waals surface area contributed by atoms with Gasteiger partial charge in [-0.05, 0) is 75.1 Å². The lowest BCUT2D eigenvalue weighted by Gasteiger charge is -2.29. The molecule has 2 bridgehead atoms. The summed E-state index contributed by atoms with van der Waals surface area (Å²) in [7, 11) is 1.42. The first-order chi connectivity index (χ1) is 11.9. The summed E-state index contributed by atoms with van der Waals surface area (Å²) >= 11 is 7.11. The van der Waals surface area contributed by atoms with E-state index in [4.69, 9.17) is 17.0 Å². The summed E-state index contributed by atoms with van der Waals surface area (Å²) in [5.41, 5.74) is 1.67. The predicted octanol–water partition coefficient (Wildman–Crippen LogP) is 4.52. The Hall–Kier alpha value is -1.14. The molecular formula is C19H28N2O2S2. The molecule has 0 spiro atoms. The summed E-state index contributed by atoms with van der Waals surface area (Å²) in [6.45, 7) is 6.33. The number of hydrogen-bond acceptors (Lipinski definition) is 4. The van der Waals surface area contributed by atoms with Crippen molar-refractivity contribution in [3.63, 3.8) is 0 Å². The van der Waals surface area contributed by atoms with Gasteiger partial charge in [0.1, 0.15) is 5.00 Å². The van der Waals surface area contributed by atoms with Gasteiger partial charge in [-0.25, -0.2) is 4.79 Å². The van der Waals surface area contributed by atoms with Crippen molar-refractivity contribution in [1.82, 2.24) is 5.32 Å². The van der Waals surface area contributed by atoms with Crippen LogP contribution in [0.2, 0.25) is 0 Å². The number of hydrogen-bond donors (Lipinski definition) is 2. The molecular weight excluding hydrogens is 352 g/mol. The number of anilines is 1. The number of carbonyl (C=O) groups excluding carboxylic acids is 1. The maximum Gasteiger partial charge on any atom is 0.341 e. The van der Waals surface area contributed by atoms with Crippen molar-refractivity contribution in [2.75, 3.05) is 12.4 Å². The molecule has 4 nitrogen and oxygen atoms in total. The van der Waals surface area contributed by atoms with Gasteiger partial charge >= 0.3 is 5.97 Å². The zero-order chi connectivity index (χ0) is 18.1. The number of methoxy groups -OCH3 is 1. The molecule has 0 saturated heterocycles. The molecule has 0 aliphatic heterocycles. The van der Waals surface area contributed by atoms with Crippen LogP contribution in [0.25, 0.3) is 0 Å². The quantitative estimate of drug-likeness (QED) is 0.581. The minimum atomic E-state index is -0.298. The van der Waals surface area contributed by atoms with Crippen molar-refractivity contribution in [2.45, 2.75) is 58.9 Å². The molecule has 0 amide bonds. The van der Waals surface area contributed by atoms with Gasteiger partial charge in [0.05, 0.1) is 12.7 Å². The lowest BCUT2D eigenvalue weighted by atomic mass is 9.84. The van der Waals surface area contributed by atoms with Gasteiger partial charge in [0, 0.05) is 10.9 Å².